The van der Waals surface area contributed by atoms with Crippen LogP contribution in [0, 0.1) is 11.3 Å². The van der Waals surface area contributed by atoms with Gasteiger partial charge in [-0.15, -0.1) is 0 Å². The SMILES string of the molecule is N#CCc1cc(C(F)(F)F)ccc1-c1cccnc1. The number of nitrogens with zero attached hydrogens (tertiary/aromatic N) is 2. The van der Waals surface area contributed by atoms with Crippen LogP contribution in [-0.4, -0.2) is 4.98 Å². The first-order valence-corrected chi connectivity index (χ1v) is 5.50. The van der Waals surface area contributed by atoms with Crippen molar-refractivity contribution in [1.82, 2.24) is 4.98 Å². The third-order valence-electron chi connectivity index (χ3n) is 2.67. The second-order valence-corrected chi connectivity index (χ2v) is 3.95. The van der Waals surface area contributed by atoms with Crippen LogP contribution in [0.2, 0.25) is 0 Å². The minimum Gasteiger partial charge on any atom is -0.264 e. The van der Waals surface area contributed by atoms with E-state index in [1.54, 1.807) is 24.5 Å². The molecule has 1 heterocycles. The summed E-state index contributed by atoms with van der Waals surface area (Å²) in [7, 11) is 0. The van der Waals surface area contributed by atoms with Gasteiger partial charge in [-0.05, 0) is 29.3 Å². The maximum absolute atomic E-state index is 12.6. The lowest BCUT2D eigenvalue weighted by Gasteiger charge is -2.11. The Kier molecular flexibility index (Phi) is 3.52. The highest BCUT2D eigenvalue weighted by atomic mass is 19.4. The summed E-state index contributed by atoms with van der Waals surface area (Å²) in [6.07, 6.45) is -1.34. The van der Waals surface area contributed by atoms with Crippen LogP contribution in [0.25, 0.3) is 11.1 Å². The van der Waals surface area contributed by atoms with Crippen LogP contribution >= 0.6 is 0 Å². The van der Waals surface area contributed by atoms with Crippen molar-refractivity contribution in [3.8, 4) is 17.2 Å². The van der Waals surface area contributed by atoms with Gasteiger partial charge in [0, 0.05) is 18.0 Å². The first-order chi connectivity index (χ1) is 9.02. The zero-order valence-corrected chi connectivity index (χ0v) is 9.78. The quantitative estimate of drug-likeness (QED) is 0.824. The van der Waals surface area contributed by atoms with E-state index in [9.17, 15) is 13.2 Å². The fraction of sp³-hybridized carbons (Fsp3) is 0.143. The van der Waals surface area contributed by atoms with Crippen LogP contribution in [0.15, 0.2) is 42.7 Å². The standard InChI is InChI=1S/C14H9F3N2/c15-14(16,17)12-3-4-13(10(8-12)5-6-18)11-2-1-7-19-9-11/h1-4,7-9H,5H2. The number of rotatable bonds is 2. The Hall–Kier alpha value is -2.35. The molecule has 0 unspecified atom stereocenters. The molecule has 96 valence electrons. The molecule has 0 aliphatic carbocycles. The third-order valence-corrected chi connectivity index (χ3v) is 2.67. The number of alkyl halides is 3. The number of benzene rings is 1. The van der Waals surface area contributed by atoms with Crippen LogP contribution < -0.4 is 0 Å². The van der Waals surface area contributed by atoms with E-state index in [2.05, 4.69) is 4.98 Å². The van der Waals surface area contributed by atoms with Crippen molar-refractivity contribution in [3.05, 3.63) is 53.9 Å². The van der Waals surface area contributed by atoms with Gasteiger partial charge in [0.05, 0.1) is 18.1 Å². The molecule has 0 radical (unpaired) electrons. The van der Waals surface area contributed by atoms with Crippen molar-refractivity contribution in [1.29, 1.82) is 5.26 Å². The Morgan fingerprint density at radius 1 is 1.21 bits per heavy atom. The van der Waals surface area contributed by atoms with Crippen molar-refractivity contribution in [2.24, 2.45) is 0 Å². The molecule has 5 heteroatoms. The summed E-state index contributed by atoms with van der Waals surface area (Å²) in [6.45, 7) is 0. The first kappa shape index (κ1) is 13.1. The van der Waals surface area contributed by atoms with Crippen molar-refractivity contribution in [2.75, 3.05) is 0 Å². The van der Waals surface area contributed by atoms with E-state index < -0.39 is 11.7 Å². The summed E-state index contributed by atoms with van der Waals surface area (Å²) in [5.74, 6) is 0. The average Bonchev–Trinajstić information content (AvgIpc) is 2.39. The number of hydrogen-bond donors (Lipinski definition) is 0. The molecule has 0 bridgehead atoms. The molecule has 0 fully saturated rings. The monoisotopic (exact) mass is 262 g/mol. The fourth-order valence-electron chi connectivity index (χ4n) is 1.81. The number of aromatic nitrogens is 1. The minimum absolute atomic E-state index is 0.0753. The Morgan fingerprint density at radius 2 is 2.00 bits per heavy atom. The topological polar surface area (TPSA) is 36.7 Å². The predicted octanol–water partition coefficient (Wildman–Crippen LogP) is 3.83. The lowest BCUT2D eigenvalue weighted by atomic mass is 9.97. The van der Waals surface area contributed by atoms with Gasteiger partial charge in [-0.25, -0.2) is 0 Å². The van der Waals surface area contributed by atoms with Gasteiger partial charge in [0.2, 0.25) is 0 Å². The van der Waals surface area contributed by atoms with Gasteiger partial charge in [0.1, 0.15) is 0 Å². The zero-order chi connectivity index (χ0) is 13.9. The van der Waals surface area contributed by atoms with Gasteiger partial charge in [0.25, 0.3) is 0 Å². The lowest BCUT2D eigenvalue weighted by Crippen LogP contribution is -2.06. The number of nitriles is 1. The zero-order valence-electron chi connectivity index (χ0n) is 9.78. The summed E-state index contributed by atoms with van der Waals surface area (Å²) in [5, 5.41) is 8.74. The molecule has 0 atom stereocenters. The molecule has 0 N–H and O–H groups in total. The predicted molar refractivity (Wildman–Crippen MR) is 64.0 cm³/mol. The molecule has 1 aromatic carbocycles. The largest absolute Gasteiger partial charge is 0.416 e. The molecule has 0 saturated heterocycles. The molecule has 2 rings (SSSR count). The van der Waals surface area contributed by atoms with E-state index in [-0.39, 0.29) is 6.42 Å². The van der Waals surface area contributed by atoms with Gasteiger partial charge in [-0.1, -0.05) is 12.1 Å². The van der Waals surface area contributed by atoms with Crippen molar-refractivity contribution >= 4 is 0 Å². The molecule has 0 saturated carbocycles. The van der Waals surface area contributed by atoms with Crippen LogP contribution in [0.5, 0.6) is 0 Å². The average molecular weight is 262 g/mol. The summed E-state index contributed by atoms with van der Waals surface area (Å²) in [5.41, 5.74) is 0.903. The Labute approximate surface area is 108 Å². The van der Waals surface area contributed by atoms with Crippen LogP contribution in [-0.2, 0) is 12.6 Å². The smallest absolute Gasteiger partial charge is 0.264 e. The minimum atomic E-state index is -4.41. The number of halogens is 3. The summed E-state index contributed by atoms with van der Waals surface area (Å²) < 4.78 is 37.9. The van der Waals surface area contributed by atoms with Crippen LogP contribution in [0.3, 0.4) is 0 Å². The highest BCUT2D eigenvalue weighted by Gasteiger charge is 2.31. The van der Waals surface area contributed by atoms with Gasteiger partial charge >= 0.3 is 6.18 Å². The van der Waals surface area contributed by atoms with Crippen LogP contribution in [0.1, 0.15) is 11.1 Å². The van der Waals surface area contributed by atoms with Gasteiger partial charge in [-0.3, -0.25) is 4.98 Å². The van der Waals surface area contributed by atoms with E-state index in [0.717, 1.165) is 12.1 Å². The van der Waals surface area contributed by atoms with E-state index in [1.807, 2.05) is 6.07 Å². The fourth-order valence-corrected chi connectivity index (χ4v) is 1.81. The van der Waals surface area contributed by atoms with Gasteiger partial charge < -0.3 is 0 Å². The van der Waals surface area contributed by atoms with E-state index in [4.69, 9.17) is 5.26 Å². The second kappa shape index (κ2) is 5.11. The molecule has 0 spiro atoms. The first-order valence-electron chi connectivity index (χ1n) is 5.50. The molecule has 1 aromatic heterocycles. The molecular formula is C14H9F3N2. The number of hydrogen-bond acceptors (Lipinski definition) is 2. The van der Waals surface area contributed by atoms with E-state index >= 15 is 0 Å². The van der Waals surface area contributed by atoms with Crippen LogP contribution in [0.4, 0.5) is 13.2 Å². The molecule has 19 heavy (non-hydrogen) atoms. The summed E-state index contributed by atoms with van der Waals surface area (Å²) >= 11 is 0. The van der Waals surface area contributed by atoms with Gasteiger partial charge in [0.15, 0.2) is 0 Å². The Balaban J connectivity index is 2.54. The summed E-state index contributed by atoms with van der Waals surface area (Å²) in [4.78, 5) is 3.93. The van der Waals surface area contributed by atoms with E-state index in [1.165, 1.54) is 6.07 Å². The van der Waals surface area contributed by atoms with Crippen molar-refractivity contribution < 1.29 is 13.2 Å². The molecule has 0 aliphatic heterocycles. The molecule has 2 nitrogen and oxygen atoms in total. The Bertz CT molecular complexity index is 613. The molecule has 0 aliphatic rings. The van der Waals surface area contributed by atoms with E-state index in [0.29, 0.717) is 16.7 Å². The highest BCUT2D eigenvalue weighted by Crippen LogP contribution is 2.33. The summed E-state index contributed by atoms with van der Waals surface area (Å²) in [6, 6.07) is 8.75. The molecule has 2 aromatic rings. The van der Waals surface area contributed by atoms with Crippen molar-refractivity contribution in [3.63, 3.8) is 0 Å². The number of pyridine rings is 1. The molecular weight excluding hydrogens is 253 g/mol. The molecule has 0 amide bonds. The lowest BCUT2D eigenvalue weighted by molar-refractivity contribution is -0.137. The Morgan fingerprint density at radius 3 is 2.58 bits per heavy atom. The third kappa shape index (κ3) is 2.91. The highest BCUT2D eigenvalue weighted by molar-refractivity contribution is 5.67. The maximum Gasteiger partial charge on any atom is 0.416 e. The van der Waals surface area contributed by atoms with Crippen molar-refractivity contribution in [2.45, 2.75) is 12.6 Å². The van der Waals surface area contributed by atoms with Gasteiger partial charge in [-0.2, -0.15) is 18.4 Å². The maximum atomic E-state index is 12.6. The second-order valence-electron chi connectivity index (χ2n) is 3.95. The normalized spacial score (nSPS) is 11.1.